The van der Waals surface area contributed by atoms with Crippen LogP contribution in [0.3, 0.4) is 0 Å². The van der Waals surface area contributed by atoms with Gasteiger partial charge in [0.2, 0.25) is 0 Å². The molecular weight excluding hydrogens is 364 g/mol. The van der Waals surface area contributed by atoms with Gasteiger partial charge in [0, 0.05) is 6.04 Å². The van der Waals surface area contributed by atoms with Gasteiger partial charge in [0.15, 0.2) is 9.84 Å². The van der Waals surface area contributed by atoms with E-state index in [1.807, 2.05) is 35.0 Å². The van der Waals surface area contributed by atoms with E-state index in [1.54, 1.807) is 13.1 Å². The summed E-state index contributed by atoms with van der Waals surface area (Å²) in [5.74, 6) is -0.00726. The lowest BCUT2D eigenvalue weighted by atomic mass is 10.1. The fraction of sp³-hybridized carbons (Fsp3) is 0.474. The second-order valence-electron chi connectivity index (χ2n) is 7.02. The number of anilines is 1. The third-order valence-corrected chi connectivity index (χ3v) is 7.24. The van der Waals surface area contributed by atoms with Crippen LogP contribution in [0, 0.1) is 0 Å². The minimum Gasteiger partial charge on any atom is -0.334 e. The highest BCUT2D eigenvalue weighted by Crippen LogP contribution is 2.22. The maximum absolute atomic E-state index is 12.4. The zero-order valence-electron chi connectivity index (χ0n) is 15.7. The molecule has 2 N–H and O–H groups in total. The summed E-state index contributed by atoms with van der Waals surface area (Å²) in [6.45, 7) is 3.79. The Morgan fingerprint density at radius 2 is 2.00 bits per heavy atom. The zero-order chi connectivity index (χ0) is 19.4. The third-order valence-electron chi connectivity index (χ3n) is 4.91. The highest BCUT2D eigenvalue weighted by Gasteiger charge is 2.32. The molecule has 2 unspecified atom stereocenters. The molecular formula is C19H26N4O3S. The summed E-state index contributed by atoms with van der Waals surface area (Å²) in [5, 5.41) is 9.72. The molecule has 1 aliphatic heterocycles. The van der Waals surface area contributed by atoms with Crippen molar-refractivity contribution in [3.63, 3.8) is 0 Å². The molecule has 1 saturated heterocycles. The number of hydrogen-bond donors (Lipinski definition) is 2. The molecule has 3 rings (SSSR count). The second kappa shape index (κ2) is 8.12. The van der Waals surface area contributed by atoms with Gasteiger partial charge < -0.3 is 10.6 Å². The van der Waals surface area contributed by atoms with E-state index in [2.05, 4.69) is 22.7 Å². The molecule has 0 spiro atoms. The van der Waals surface area contributed by atoms with Gasteiger partial charge in [0.1, 0.15) is 0 Å². The Balaban J connectivity index is 1.72. The van der Waals surface area contributed by atoms with Crippen LogP contribution in [0.15, 0.2) is 36.5 Å². The van der Waals surface area contributed by atoms with E-state index in [9.17, 15) is 13.2 Å². The van der Waals surface area contributed by atoms with Gasteiger partial charge in [-0.15, -0.1) is 0 Å². The Morgan fingerprint density at radius 3 is 2.67 bits per heavy atom. The molecule has 0 saturated carbocycles. The van der Waals surface area contributed by atoms with Crippen LogP contribution >= 0.6 is 0 Å². The maximum Gasteiger partial charge on any atom is 0.319 e. The highest BCUT2D eigenvalue weighted by molar-refractivity contribution is 7.92. The van der Waals surface area contributed by atoms with Gasteiger partial charge in [-0.25, -0.2) is 17.9 Å². The number of para-hydroxylation sites is 1. The molecule has 1 fully saturated rings. The van der Waals surface area contributed by atoms with E-state index < -0.39 is 15.9 Å². The van der Waals surface area contributed by atoms with Crippen LogP contribution < -0.4 is 10.6 Å². The molecule has 0 radical (unpaired) electrons. The molecule has 2 heterocycles. The molecule has 2 aromatic rings. The van der Waals surface area contributed by atoms with Gasteiger partial charge in [-0.1, -0.05) is 31.5 Å². The predicted octanol–water partition coefficient (Wildman–Crippen LogP) is 2.91. The van der Waals surface area contributed by atoms with Crippen molar-refractivity contribution in [1.82, 2.24) is 15.1 Å². The van der Waals surface area contributed by atoms with Gasteiger partial charge in [-0.3, -0.25) is 0 Å². The number of urea groups is 1. The number of rotatable bonds is 5. The fourth-order valence-corrected chi connectivity index (χ4v) is 4.98. The lowest BCUT2D eigenvalue weighted by Gasteiger charge is -2.27. The molecule has 1 aromatic carbocycles. The van der Waals surface area contributed by atoms with Crippen molar-refractivity contribution in [2.24, 2.45) is 0 Å². The molecule has 0 aliphatic carbocycles. The quantitative estimate of drug-likeness (QED) is 0.821. The van der Waals surface area contributed by atoms with Crippen molar-refractivity contribution in [3.8, 4) is 5.69 Å². The number of hydrogen-bond acceptors (Lipinski definition) is 4. The van der Waals surface area contributed by atoms with Crippen molar-refractivity contribution < 1.29 is 13.2 Å². The van der Waals surface area contributed by atoms with Crippen molar-refractivity contribution in [2.45, 2.75) is 50.8 Å². The summed E-state index contributed by atoms with van der Waals surface area (Å²) in [7, 11) is -3.14. The van der Waals surface area contributed by atoms with E-state index in [4.69, 9.17) is 0 Å². The average Bonchev–Trinajstić information content (AvgIpc) is 3.01. The first-order valence-electron chi connectivity index (χ1n) is 9.32. The number of carbonyl (C=O) groups is 1. The van der Waals surface area contributed by atoms with Crippen LogP contribution in [0.4, 0.5) is 10.5 Å². The van der Waals surface area contributed by atoms with E-state index in [0.717, 1.165) is 24.2 Å². The van der Waals surface area contributed by atoms with Gasteiger partial charge >= 0.3 is 6.03 Å². The molecule has 8 heteroatoms. The van der Waals surface area contributed by atoms with E-state index in [0.29, 0.717) is 18.5 Å². The predicted molar refractivity (Wildman–Crippen MR) is 106 cm³/mol. The Labute approximate surface area is 160 Å². The number of nitrogens with zero attached hydrogens (tertiary/aromatic N) is 2. The average molecular weight is 391 g/mol. The summed E-state index contributed by atoms with van der Waals surface area (Å²) in [5.41, 5.74) is 2.50. The van der Waals surface area contributed by atoms with Crippen molar-refractivity contribution in [1.29, 1.82) is 0 Å². The molecule has 1 aliphatic rings. The van der Waals surface area contributed by atoms with Crippen LogP contribution in [0.2, 0.25) is 0 Å². The van der Waals surface area contributed by atoms with Gasteiger partial charge in [0.05, 0.1) is 34.3 Å². The molecule has 7 nitrogen and oxygen atoms in total. The smallest absolute Gasteiger partial charge is 0.319 e. The van der Waals surface area contributed by atoms with Crippen molar-refractivity contribution >= 4 is 21.6 Å². The number of carbonyl (C=O) groups excluding carboxylic acids is 1. The standard InChI is InChI=1S/C19H26N4O3S/c1-3-7-18-17(12-20-23(18)16-8-5-4-6-9-16)22-19(24)21-15-11-10-14(2)27(25,26)13-15/h4-6,8-9,12,14-15H,3,7,10-11,13H2,1-2H3,(H2,21,22,24). The Hall–Kier alpha value is -2.35. The number of nitrogens with one attached hydrogen (secondary N) is 2. The van der Waals surface area contributed by atoms with Crippen LogP contribution in [0.1, 0.15) is 38.8 Å². The summed E-state index contributed by atoms with van der Waals surface area (Å²) in [6.07, 6.45) is 4.55. The van der Waals surface area contributed by atoms with Crippen molar-refractivity contribution in [2.75, 3.05) is 11.1 Å². The number of aromatic nitrogens is 2. The summed E-state index contributed by atoms with van der Waals surface area (Å²) in [4.78, 5) is 12.4. The monoisotopic (exact) mass is 390 g/mol. The number of sulfone groups is 1. The maximum atomic E-state index is 12.4. The van der Waals surface area contributed by atoms with E-state index in [-0.39, 0.29) is 17.0 Å². The van der Waals surface area contributed by atoms with Crippen LogP contribution in [-0.4, -0.2) is 41.3 Å². The van der Waals surface area contributed by atoms with Crippen LogP contribution in [0.5, 0.6) is 0 Å². The lowest BCUT2D eigenvalue weighted by Crippen LogP contribution is -2.47. The number of benzene rings is 1. The first-order chi connectivity index (χ1) is 12.9. The minimum absolute atomic E-state index is 0.00726. The Morgan fingerprint density at radius 1 is 1.26 bits per heavy atom. The van der Waals surface area contributed by atoms with Gasteiger partial charge in [0.25, 0.3) is 0 Å². The first kappa shape index (κ1) is 19.4. The molecule has 27 heavy (non-hydrogen) atoms. The molecule has 2 amide bonds. The topological polar surface area (TPSA) is 93.1 Å². The van der Waals surface area contributed by atoms with Crippen molar-refractivity contribution in [3.05, 3.63) is 42.2 Å². The normalized spacial score (nSPS) is 21.6. The fourth-order valence-electron chi connectivity index (χ4n) is 3.35. The third kappa shape index (κ3) is 4.50. The summed E-state index contributed by atoms with van der Waals surface area (Å²) < 4.78 is 25.9. The van der Waals surface area contributed by atoms with Gasteiger partial charge in [-0.05, 0) is 38.3 Å². The molecule has 2 atom stereocenters. The minimum atomic E-state index is -3.14. The summed E-state index contributed by atoms with van der Waals surface area (Å²) in [6, 6.07) is 9.00. The summed E-state index contributed by atoms with van der Waals surface area (Å²) >= 11 is 0. The highest BCUT2D eigenvalue weighted by atomic mass is 32.2. The van der Waals surface area contributed by atoms with Gasteiger partial charge in [-0.2, -0.15) is 5.10 Å². The van der Waals surface area contributed by atoms with Crippen LogP contribution in [-0.2, 0) is 16.3 Å². The second-order valence-corrected chi connectivity index (χ2v) is 9.48. The molecule has 1 aromatic heterocycles. The van der Waals surface area contributed by atoms with E-state index >= 15 is 0 Å². The zero-order valence-corrected chi connectivity index (χ0v) is 16.5. The lowest BCUT2D eigenvalue weighted by molar-refractivity contribution is 0.248. The SMILES string of the molecule is CCCc1c(NC(=O)NC2CCC(C)S(=O)(=O)C2)cnn1-c1ccccc1. The van der Waals surface area contributed by atoms with E-state index in [1.165, 1.54) is 0 Å². The Bertz CT molecular complexity index is 893. The molecule has 146 valence electrons. The first-order valence-corrected chi connectivity index (χ1v) is 11.0. The number of amides is 2. The molecule has 0 bridgehead atoms. The van der Waals surface area contributed by atoms with Crippen LogP contribution in [0.25, 0.3) is 5.69 Å². The Kier molecular flexibility index (Phi) is 5.84. The largest absolute Gasteiger partial charge is 0.334 e.